The Balaban J connectivity index is 1.76. The van der Waals surface area contributed by atoms with Crippen molar-refractivity contribution in [3.05, 3.63) is 0 Å². The maximum Gasteiger partial charge on any atom is 0.225 e. The minimum absolute atomic E-state index is 0.0136. The molecule has 1 aliphatic heterocycles. The number of hydrogen-bond acceptors (Lipinski definition) is 3. The van der Waals surface area contributed by atoms with Gasteiger partial charge in [-0.1, -0.05) is 6.92 Å². The lowest BCUT2D eigenvalue weighted by atomic mass is 10.2. The van der Waals surface area contributed by atoms with Gasteiger partial charge < -0.3 is 15.5 Å². The van der Waals surface area contributed by atoms with Gasteiger partial charge in [-0.05, 0) is 19.4 Å². The Hall–Kier alpha value is -1.10. The molecule has 96 valence electrons. The molecule has 2 amide bonds. The van der Waals surface area contributed by atoms with Gasteiger partial charge in [-0.15, -0.1) is 0 Å². The summed E-state index contributed by atoms with van der Waals surface area (Å²) in [6.07, 6.45) is 2.06. The van der Waals surface area contributed by atoms with Crippen molar-refractivity contribution in [2.45, 2.75) is 38.3 Å². The van der Waals surface area contributed by atoms with E-state index in [0.717, 1.165) is 6.42 Å². The Bertz CT molecular complexity index is 319. The number of nitrogens with zero attached hydrogens (tertiary/aromatic N) is 1. The van der Waals surface area contributed by atoms with Gasteiger partial charge in [0.15, 0.2) is 0 Å². The van der Waals surface area contributed by atoms with Crippen molar-refractivity contribution in [1.29, 1.82) is 0 Å². The van der Waals surface area contributed by atoms with Crippen LogP contribution in [0.2, 0.25) is 0 Å². The van der Waals surface area contributed by atoms with Gasteiger partial charge in [0, 0.05) is 32.0 Å². The molecule has 3 atom stereocenters. The van der Waals surface area contributed by atoms with Crippen LogP contribution in [-0.2, 0) is 9.59 Å². The fourth-order valence-corrected chi connectivity index (χ4v) is 2.42. The summed E-state index contributed by atoms with van der Waals surface area (Å²) in [4.78, 5) is 25.2. The highest BCUT2D eigenvalue weighted by molar-refractivity contribution is 5.82. The molecule has 1 heterocycles. The second kappa shape index (κ2) is 5.04. The van der Waals surface area contributed by atoms with Crippen LogP contribution in [-0.4, -0.2) is 48.9 Å². The van der Waals surface area contributed by atoms with Crippen LogP contribution < -0.4 is 10.6 Å². The molecule has 0 radical (unpaired) electrons. The molecule has 0 spiro atoms. The molecule has 0 bridgehead atoms. The minimum atomic E-state index is 0.0136. The first kappa shape index (κ1) is 12.4. The number of amides is 2. The van der Waals surface area contributed by atoms with Gasteiger partial charge in [-0.2, -0.15) is 0 Å². The third-order valence-electron chi connectivity index (χ3n) is 3.59. The molecule has 5 heteroatoms. The fraction of sp³-hybridized carbons (Fsp3) is 0.833. The maximum absolute atomic E-state index is 11.8. The smallest absolute Gasteiger partial charge is 0.225 e. The maximum atomic E-state index is 11.8. The van der Waals surface area contributed by atoms with Crippen LogP contribution >= 0.6 is 0 Å². The van der Waals surface area contributed by atoms with E-state index in [9.17, 15) is 9.59 Å². The van der Waals surface area contributed by atoms with E-state index >= 15 is 0 Å². The molecule has 0 aromatic carbocycles. The lowest BCUT2D eigenvalue weighted by Crippen LogP contribution is -2.38. The number of likely N-dealkylation sites (tertiary alicyclic amines) is 1. The van der Waals surface area contributed by atoms with Crippen molar-refractivity contribution in [3.8, 4) is 0 Å². The molecular weight excluding hydrogens is 218 g/mol. The summed E-state index contributed by atoms with van der Waals surface area (Å²) in [5, 5.41) is 5.87. The SMILES string of the molecule is CNCCC(=O)NC1CC(=O)N(C2CC2C)C1. The molecule has 3 unspecified atom stereocenters. The van der Waals surface area contributed by atoms with Gasteiger partial charge in [-0.3, -0.25) is 9.59 Å². The molecule has 2 rings (SSSR count). The Morgan fingerprint density at radius 2 is 2.24 bits per heavy atom. The summed E-state index contributed by atoms with van der Waals surface area (Å²) >= 11 is 0. The monoisotopic (exact) mass is 239 g/mol. The number of rotatable bonds is 5. The van der Waals surface area contributed by atoms with Crippen molar-refractivity contribution in [1.82, 2.24) is 15.5 Å². The van der Waals surface area contributed by atoms with Gasteiger partial charge in [0.2, 0.25) is 11.8 Å². The lowest BCUT2D eigenvalue weighted by molar-refractivity contribution is -0.128. The largest absolute Gasteiger partial charge is 0.351 e. The molecule has 0 aromatic heterocycles. The van der Waals surface area contributed by atoms with E-state index in [1.807, 2.05) is 11.9 Å². The zero-order chi connectivity index (χ0) is 12.4. The Kier molecular flexibility index (Phi) is 3.66. The van der Waals surface area contributed by atoms with E-state index in [2.05, 4.69) is 17.6 Å². The highest BCUT2D eigenvalue weighted by atomic mass is 16.2. The summed E-state index contributed by atoms with van der Waals surface area (Å²) in [6.45, 7) is 3.53. The van der Waals surface area contributed by atoms with Crippen LogP contribution in [0.15, 0.2) is 0 Å². The van der Waals surface area contributed by atoms with Gasteiger partial charge in [0.05, 0.1) is 6.04 Å². The standard InChI is InChI=1S/C12H21N3O2/c1-8-5-10(8)15-7-9(6-12(15)17)14-11(16)3-4-13-2/h8-10,13H,3-7H2,1-2H3,(H,14,16). The van der Waals surface area contributed by atoms with Gasteiger partial charge >= 0.3 is 0 Å². The average molecular weight is 239 g/mol. The number of hydrogen-bond donors (Lipinski definition) is 2. The van der Waals surface area contributed by atoms with Crippen LogP contribution in [0.4, 0.5) is 0 Å². The van der Waals surface area contributed by atoms with E-state index < -0.39 is 0 Å². The van der Waals surface area contributed by atoms with E-state index in [-0.39, 0.29) is 17.9 Å². The van der Waals surface area contributed by atoms with Crippen LogP contribution in [0.1, 0.15) is 26.2 Å². The number of nitrogens with one attached hydrogen (secondary N) is 2. The highest BCUT2D eigenvalue weighted by Crippen LogP contribution is 2.37. The summed E-state index contributed by atoms with van der Waals surface area (Å²) < 4.78 is 0. The third-order valence-corrected chi connectivity index (χ3v) is 3.59. The first-order valence-electron chi connectivity index (χ1n) is 6.35. The number of carbonyl (C=O) groups excluding carboxylic acids is 2. The molecular formula is C12H21N3O2. The molecule has 5 nitrogen and oxygen atoms in total. The minimum Gasteiger partial charge on any atom is -0.351 e. The van der Waals surface area contributed by atoms with Crippen LogP contribution in [0, 0.1) is 5.92 Å². The second-order valence-electron chi connectivity index (χ2n) is 5.15. The van der Waals surface area contributed by atoms with Crippen molar-refractivity contribution < 1.29 is 9.59 Å². The summed E-state index contributed by atoms with van der Waals surface area (Å²) in [6, 6.07) is 0.446. The normalized spacial score (nSPS) is 31.8. The first-order valence-corrected chi connectivity index (χ1v) is 6.35. The molecule has 2 aliphatic rings. The molecule has 2 fully saturated rings. The summed E-state index contributed by atoms with van der Waals surface area (Å²) in [5.41, 5.74) is 0. The zero-order valence-corrected chi connectivity index (χ0v) is 10.5. The lowest BCUT2D eigenvalue weighted by Gasteiger charge is -2.16. The quantitative estimate of drug-likeness (QED) is 0.694. The second-order valence-corrected chi connectivity index (χ2v) is 5.15. The molecule has 2 N–H and O–H groups in total. The molecule has 1 aliphatic carbocycles. The van der Waals surface area contributed by atoms with E-state index in [0.29, 0.717) is 37.9 Å². The van der Waals surface area contributed by atoms with Crippen LogP contribution in [0.5, 0.6) is 0 Å². The predicted molar refractivity (Wildman–Crippen MR) is 64.4 cm³/mol. The van der Waals surface area contributed by atoms with Crippen LogP contribution in [0.25, 0.3) is 0 Å². The van der Waals surface area contributed by atoms with E-state index in [1.54, 1.807) is 0 Å². The fourth-order valence-electron chi connectivity index (χ4n) is 2.42. The van der Waals surface area contributed by atoms with Crippen molar-refractivity contribution in [2.24, 2.45) is 5.92 Å². The Labute approximate surface area is 102 Å². The summed E-state index contributed by atoms with van der Waals surface area (Å²) in [5.74, 6) is 0.860. The summed E-state index contributed by atoms with van der Waals surface area (Å²) in [7, 11) is 1.82. The highest BCUT2D eigenvalue weighted by Gasteiger charge is 2.44. The zero-order valence-electron chi connectivity index (χ0n) is 10.5. The average Bonchev–Trinajstić information content (AvgIpc) is 2.88. The van der Waals surface area contributed by atoms with Crippen molar-refractivity contribution in [2.75, 3.05) is 20.1 Å². The van der Waals surface area contributed by atoms with Crippen molar-refractivity contribution >= 4 is 11.8 Å². The molecule has 1 saturated heterocycles. The first-order chi connectivity index (χ1) is 8.11. The van der Waals surface area contributed by atoms with E-state index in [1.165, 1.54) is 0 Å². The van der Waals surface area contributed by atoms with Crippen LogP contribution in [0.3, 0.4) is 0 Å². The topological polar surface area (TPSA) is 61.4 Å². The molecule has 1 saturated carbocycles. The third kappa shape index (κ3) is 2.97. The van der Waals surface area contributed by atoms with Gasteiger partial charge in [0.25, 0.3) is 0 Å². The van der Waals surface area contributed by atoms with Crippen molar-refractivity contribution in [3.63, 3.8) is 0 Å². The predicted octanol–water partition coefficient (Wildman–Crippen LogP) is -0.279. The Morgan fingerprint density at radius 3 is 2.82 bits per heavy atom. The molecule has 17 heavy (non-hydrogen) atoms. The Morgan fingerprint density at radius 1 is 1.53 bits per heavy atom. The number of carbonyl (C=O) groups is 2. The molecule has 0 aromatic rings. The van der Waals surface area contributed by atoms with Gasteiger partial charge in [0.1, 0.15) is 0 Å². The van der Waals surface area contributed by atoms with E-state index in [4.69, 9.17) is 0 Å². The van der Waals surface area contributed by atoms with Gasteiger partial charge in [-0.25, -0.2) is 0 Å².